The van der Waals surface area contributed by atoms with Crippen LogP contribution in [-0.4, -0.2) is 27.7 Å². The Balaban J connectivity index is 0.000000179. The number of fused-ring (bicyclic) bond motifs is 1. The van der Waals surface area contributed by atoms with Crippen LogP contribution in [0.25, 0.3) is 10.9 Å². The molecule has 170 valence electrons. The molecular weight excluding hydrogens is 414 g/mol. The zero-order valence-corrected chi connectivity index (χ0v) is 17.3. The van der Waals surface area contributed by atoms with Gasteiger partial charge in [0.25, 0.3) is 11.8 Å². The van der Waals surface area contributed by atoms with Gasteiger partial charge in [0.05, 0.1) is 10.9 Å². The summed E-state index contributed by atoms with van der Waals surface area (Å²) in [6.45, 7) is 1.59. The first-order chi connectivity index (χ1) is 14.5. The van der Waals surface area contributed by atoms with Gasteiger partial charge in [0.2, 0.25) is 5.92 Å². The first-order valence-corrected chi connectivity index (χ1v) is 10.5. The summed E-state index contributed by atoms with van der Waals surface area (Å²) in [7, 11) is 0. The average Bonchev–Trinajstić information content (AvgIpc) is 2.70. The lowest BCUT2D eigenvalue weighted by Gasteiger charge is -2.40. The lowest BCUT2D eigenvalue weighted by atomic mass is 9.69. The Labute approximate surface area is 177 Å². The highest BCUT2D eigenvalue weighted by Crippen LogP contribution is 2.48. The summed E-state index contributed by atoms with van der Waals surface area (Å²) in [5, 5.41) is 0.238. The zero-order valence-electron chi connectivity index (χ0n) is 17.3. The lowest BCUT2D eigenvalue weighted by molar-refractivity contribution is -0.107. The van der Waals surface area contributed by atoms with Gasteiger partial charge in [-0.25, -0.2) is 17.6 Å². The van der Waals surface area contributed by atoms with E-state index in [0.29, 0.717) is 31.2 Å². The fourth-order valence-corrected chi connectivity index (χ4v) is 4.64. The van der Waals surface area contributed by atoms with E-state index in [1.54, 1.807) is 13.0 Å². The third-order valence-electron chi connectivity index (χ3n) is 6.56. The van der Waals surface area contributed by atoms with Crippen molar-refractivity contribution in [1.82, 2.24) is 9.97 Å². The molecule has 2 aliphatic rings. The summed E-state index contributed by atoms with van der Waals surface area (Å²) < 4.78 is 52.7. The molecule has 0 bridgehead atoms. The molecular formula is C22H27F4N3O2. The first-order valence-electron chi connectivity index (χ1n) is 10.5. The Kier molecular flexibility index (Phi) is 6.71. The Hall–Kier alpha value is -2.45. The molecule has 5 nitrogen and oxygen atoms in total. The van der Waals surface area contributed by atoms with Crippen molar-refractivity contribution in [1.29, 1.82) is 0 Å². The number of hydrogen-bond donors (Lipinski definition) is 2. The number of carbonyl (C=O) groups is 1. The van der Waals surface area contributed by atoms with Gasteiger partial charge in [0.15, 0.2) is 5.43 Å². The topological polar surface area (TPSA) is 88.8 Å². The fourth-order valence-electron chi connectivity index (χ4n) is 4.64. The van der Waals surface area contributed by atoms with E-state index in [4.69, 9.17) is 5.73 Å². The van der Waals surface area contributed by atoms with E-state index in [1.165, 1.54) is 18.5 Å². The molecule has 2 aromatic heterocycles. The summed E-state index contributed by atoms with van der Waals surface area (Å²) in [5.41, 5.74) is 5.39. The fraction of sp³-hybridized carbons (Fsp3) is 0.591. The first kappa shape index (κ1) is 23.2. The Morgan fingerprint density at radius 1 is 1.10 bits per heavy atom. The summed E-state index contributed by atoms with van der Waals surface area (Å²) in [6.07, 6.45) is 4.79. The number of alkyl halides is 4. The molecule has 0 aromatic carbocycles. The number of nitrogens with one attached hydrogen (secondary N) is 1. The number of aromatic nitrogens is 2. The van der Waals surface area contributed by atoms with Gasteiger partial charge in [0, 0.05) is 43.6 Å². The van der Waals surface area contributed by atoms with Crippen LogP contribution in [0.15, 0.2) is 29.3 Å². The van der Waals surface area contributed by atoms with Gasteiger partial charge in [0.1, 0.15) is 5.69 Å². The number of H-pyrrole nitrogens is 1. The molecule has 2 fully saturated rings. The second-order valence-corrected chi connectivity index (χ2v) is 8.68. The number of primary amides is 1. The van der Waals surface area contributed by atoms with Gasteiger partial charge < -0.3 is 10.7 Å². The smallest absolute Gasteiger partial charge is 0.268 e. The van der Waals surface area contributed by atoms with Crippen molar-refractivity contribution in [3.63, 3.8) is 0 Å². The molecule has 2 aromatic rings. The summed E-state index contributed by atoms with van der Waals surface area (Å²) >= 11 is 0. The molecule has 0 radical (unpaired) electrons. The van der Waals surface area contributed by atoms with E-state index in [-0.39, 0.29) is 47.6 Å². The molecule has 0 saturated heterocycles. The van der Waals surface area contributed by atoms with Crippen molar-refractivity contribution >= 4 is 16.8 Å². The maximum absolute atomic E-state index is 13.3. The molecule has 31 heavy (non-hydrogen) atoms. The van der Waals surface area contributed by atoms with Crippen molar-refractivity contribution in [2.45, 2.75) is 63.7 Å². The van der Waals surface area contributed by atoms with Crippen molar-refractivity contribution < 1.29 is 22.4 Å². The van der Waals surface area contributed by atoms with E-state index in [1.807, 2.05) is 0 Å². The number of pyridine rings is 2. The Morgan fingerprint density at radius 3 is 2.35 bits per heavy atom. The molecule has 1 unspecified atom stereocenters. The minimum absolute atomic E-state index is 0.00403. The van der Waals surface area contributed by atoms with Crippen LogP contribution in [0.3, 0.4) is 0 Å². The van der Waals surface area contributed by atoms with Crippen LogP contribution in [0.2, 0.25) is 0 Å². The quantitative estimate of drug-likeness (QED) is 0.650. The third kappa shape index (κ3) is 5.43. The Morgan fingerprint density at radius 2 is 1.74 bits per heavy atom. The summed E-state index contributed by atoms with van der Waals surface area (Å²) in [4.78, 5) is 29.0. The Bertz CT molecular complexity index is 977. The van der Waals surface area contributed by atoms with Gasteiger partial charge in [-0.3, -0.25) is 14.6 Å². The van der Waals surface area contributed by atoms with Crippen LogP contribution in [0.5, 0.6) is 0 Å². The number of amides is 1. The van der Waals surface area contributed by atoms with Crippen LogP contribution in [0.4, 0.5) is 17.6 Å². The molecule has 2 heterocycles. The van der Waals surface area contributed by atoms with Crippen molar-refractivity contribution in [2.24, 2.45) is 23.5 Å². The zero-order chi connectivity index (χ0) is 22.8. The highest BCUT2D eigenvalue weighted by molar-refractivity contribution is 6.03. The van der Waals surface area contributed by atoms with Gasteiger partial charge in [-0.15, -0.1) is 0 Å². The van der Waals surface area contributed by atoms with Crippen LogP contribution < -0.4 is 11.2 Å². The predicted octanol–water partition coefficient (Wildman–Crippen LogP) is 4.91. The predicted molar refractivity (Wildman–Crippen MR) is 109 cm³/mol. The van der Waals surface area contributed by atoms with Crippen molar-refractivity contribution in [2.75, 3.05) is 0 Å². The minimum atomic E-state index is -2.55. The molecule has 0 spiro atoms. The average molecular weight is 441 g/mol. The maximum atomic E-state index is 13.3. The van der Waals surface area contributed by atoms with Gasteiger partial charge in [-0.05, 0) is 43.6 Å². The largest absolute Gasteiger partial charge is 0.364 e. The van der Waals surface area contributed by atoms with E-state index in [2.05, 4.69) is 9.97 Å². The number of rotatable bonds is 2. The minimum Gasteiger partial charge on any atom is -0.364 e. The number of halogens is 4. The van der Waals surface area contributed by atoms with Crippen LogP contribution in [0.1, 0.15) is 62.4 Å². The van der Waals surface area contributed by atoms with E-state index < -0.39 is 23.7 Å². The van der Waals surface area contributed by atoms with Crippen LogP contribution in [-0.2, 0) is 0 Å². The molecule has 4 rings (SSSR count). The van der Waals surface area contributed by atoms with Gasteiger partial charge >= 0.3 is 0 Å². The molecule has 1 amide bonds. The molecule has 2 atom stereocenters. The maximum Gasteiger partial charge on any atom is 0.268 e. The molecule has 0 aliphatic heterocycles. The van der Waals surface area contributed by atoms with Crippen molar-refractivity contribution in [3.8, 4) is 0 Å². The van der Waals surface area contributed by atoms with Gasteiger partial charge in [-0.1, -0.05) is 6.92 Å². The number of nitrogens with two attached hydrogens (primary N) is 1. The van der Waals surface area contributed by atoms with Gasteiger partial charge in [-0.2, -0.15) is 0 Å². The highest BCUT2D eigenvalue weighted by atomic mass is 19.3. The highest BCUT2D eigenvalue weighted by Gasteiger charge is 2.45. The molecule has 2 saturated carbocycles. The number of carbonyl (C=O) groups excluding carboxylic acids is 1. The lowest BCUT2D eigenvalue weighted by Crippen LogP contribution is -2.37. The standard InChI is InChI=1S/C13H20F4.C9H7N3O2/c1-9-8-11(4-7-13(9,16)17)10-2-5-12(14,15)6-3-10;10-9(14)8-7-5(1-3-12-8)11-4-2-6(7)13/h9-11H,2-8H2,1H3;1-4H,(H2,10,14)(H,11,13)/t9-,11?;/m1./s1. The van der Waals surface area contributed by atoms with E-state index >= 15 is 0 Å². The second-order valence-electron chi connectivity index (χ2n) is 8.68. The van der Waals surface area contributed by atoms with Crippen molar-refractivity contribution in [3.05, 3.63) is 40.4 Å². The van der Waals surface area contributed by atoms with Crippen LogP contribution >= 0.6 is 0 Å². The monoisotopic (exact) mass is 441 g/mol. The summed E-state index contributed by atoms with van der Waals surface area (Å²) in [6, 6.07) is 2.94. The number of nitrogens with zero attached hydrogens (tertiary/aromatic N) is 1. The SMILES string of the molecule is C[C@@H]1CC(C2CCC(F)(F)CC2)CCC1(F)F.NC(=O)c1nccc2[nH]ccc(=O)c12. The normalized spacial score (nSPS) is 25.5. The molecule has 3 N–H and O–H groups in total. The summed E-state index contributed by atoms with van der Waals surface area (Å²) in [5.74, 6) is -5.87. The van der Waals surface area contributed by atoms with E-state index in [9.17, 15) is 27.2 Å². The van der Waals surface area contributed by atoms with Crippen LogP contribution in [0, 0.1) is 17.8 Å². The van der Waals surface area contributed by atoms with E-state index in [0.717, 1.165) is 0 Å². The second kappa shape index (κ2) is 8.96. The number of hydrogen-bond acceptors (Lipinski definition) is 3. The third-order valence-corrected chi connectivity index (χ3v) is 6.56. The molecule has 2 aliphatic carbocycles. The number of aromatic amines is 1. The molecule has 9 heteroatoms.